The van der Waals surface area contributed by atoms with Crippen molar-refractivity contribution in [2.75, 3.05) is 5.32 Å². The number of aryl methyl sites for hydroxylation is 2. The highest BCUT2D eigenvalue weighted by Crippen LogP contribution is 2.23. The first-order valence-corrected chi connectivity index (χ1v) is 6.50. The van der Waals surface area contributed by atoms with E-state index < -0.39 is 0 Å². The summed E-state index contributed by atoms with van der Waals surface area (Å²) in [6, 6.07) is 13.4. The number of halogens is 1. The number of amides is 1. The highest BCUT2D eigenvalue weighted by atomic mass is 79.9. The van der Waals surface area contributed by atoms with Crippen LogP contribution in [-0.4, -0.2) is 5.91 Å². The van der Waals surface area contributed by atoms with Crippen molar-refractivity contribution in [1.29, 1.82) is 0 Å². The zero-order chi connectivity index (χ0) is 13.1. The minimum atomic E-state index is -0.0942. The van der Waals surface area contributed by atoms with E-state index in [1.54, 1.807) is 0 Å². The molecule has 2 nitrogen and oxygen atoms in total. The Bertz CT molecular complexity index is 593. The molecule has 18 heavy (non-hydrogen) atoms. The molecule has 0 fully saturated rings. The van der Waals surface area contributed by atoms with Crippen molar-refractivity contribution in [3.63, 3.8) is 0 Å². The Labute approximate surface area is 115 Å². The molecule has 1 N–H and O–H groups in total. The molecular formula is C15H14BrNO. The van der Waals surface area contributed by atoms with Gasteiger partial charge in [-0.2, -0.15) is 0 Å². The Morgan fingerprint density at radius 1 is 1.06 bits per heavy atom. The summed E-state index contributed by atoms with van der Waals surface area (Å²) in [6.45, 7) is 3.98. The molecule has 0 unspecified atom stereocenters. The Morgan fingerprint density at radius 3 is 2.44 bits per heavy atom. The number of nitrogens with one attached hydrogen (secondary N) is 1. The molecule has 0 atom stereocenters. The van der Waals surface area contributed by atoms with Crippen LogP contribution in [0.3, 0.4) is 0 Å². The molecule has 0 radical (unpaired) electrons. The van der Waals surface area contributed by atoms with Crippen molar-refractivity contribution >= 4 is 27.5 Å². The van der Waals surface area contributed by atoms with Crippen molar-refractivity contribution in [2.24, 2.45) is 0 Å². The maximum atomic E-state index is 12.1. The molecule has 3 heteroatoms. The predicted molar refractivity (Wildman–Crippen MR) is 78.0 cm³/mol. The van der Waals surface area contributed by atoms with Crippen LogP contribution in [0.2, 0.25) is 0 Å². The van der Waals surface area contributed by atoms with Crippen molar-refractivity contribution in [1.82, 2.24) is 0 Å². The zero-order valence-corrected chi connectivity index (χ0v) is 11.9. The summed E-state index contributed by atoms with van der Waals surface area (Å²) in [4.78, 5) is 12.1. The van der Waals surface area contributed by atoms with E-state index in [-0.39, 0.29) is 5.91 Å². The monoisotopic (exact) mass is 303 g/mol. The number of benzene rings is 2. The van der Waals surface area contributed by atoms with E-state index in [0.717, 1.165) is 21.3 Å². The lowest BCUT2D eigenvalue weighted by atomic mass is 10.1. The number of hydrogen-bond acceptors (Lipinski definition) is 1. The second-order valence-electron chi connectivity index (χ2n) is 4.31. The number of hydrogen-bond donors (Lipinski definition) is 1. The third-order valence-electron chi connectivity index (χ3n) is 2.65. The zero-order valence-electron chi connectivity index (χ0n) is 10.3. The molecule has 2 aromatic carbocycles. The van der Waals surface area contributed by atoms with Gasteiger partial charge in [0.15, 0.2) is 0 Å². The van der Waals surface area contributed by atoms with Crippen LogP contribution in [0.5, 0.6) is 0 Å². The average molecular weight is 304 g/mol. The molecule has 2 rings (SSSR count). The normalized spacial score (nSPS) is 10.2. The summed E-state index contributed by atoms with van der Waals surface area (Å²) in [5.74, 6) is -0.0942. The molecule has 0 aliphatic heterocycles. The predicted octanol–water partition coefficient (Wildman–Crippen LogP) is 4.32. The highest BCUT2D eigenvalue weighted by molar-refractivity contribution is 9.10. The fourth-order valence-corrected chi connectivity index (χ4v) is 2.29. The van der Waals surface area contributed by atoms with Crippen molar-refractivity contribution in [2.45, 2.75) is 13.8 Å². The lowest BCUT2D eigenvalue weighted by molar-refractivity contribution is 0.102. The molecule has 92 valence electrons. The highest BCUT2D eigenvalue weighted by Gasteiger charge is 2.08. The minimum Gasteiger partial charge on any atom is -0.321 e. The second-order valence-corrected chi connectivity index (χ2v) is 5.16. The summed E-state index contributed by atoms with van der Waals surface area (Å²) >= 11 is 3.45. The Kier molecular flexibility index (Phi) is 3.82. The molecule has 0 bridgehead atoms. The number of carbonyl (C=O) groups excluding carboxylic acids is 1. The van der Waals surface area contributed by atoms with Gasteiger partial charge < -0.3 is 5.32 Å². The van der Waals surface area contributed by atoms with Crippen LogP contribution in [-0.2, 0) is 0 Å². The molecule has 0 aliphatic carbocycles. The summed E-state index contributed by atoms with van der Waals surface area (Å²) in [5.41, 5.74) is 3.68. The van der Waals surface area contributed by atoms with E-state index in [4.69, 9.17) is 0 Å². The van der Waals surface area contributed by atoms with E-state index in [0.29, 0.717) is 5.56 Å². The molecule has 1 amide bonds. The van der Waals surface area contributed by atoms with Gasteiger partial charge in [0.25, 0.3) is 5.91 Å². The Morgan fingerprint density at radius 2 is 1.78 bits per heavy atom. The van der Waals surface area contributed by atoms with Crippen molar-refractivity contribution < 1.29 is 4.79 Å². The quantitative estimate of drug-likeness (QED) is 0.879. The van der Waals surface area contributed by atoms with Gasteiger partial charge in [-0.25, -0.2) is 0 Å². The molecule has 0 heterocycles. The van der Waals surface area contributed by atoms with Gasteiger partial charge in [-0.3, -0.25) is 4.79 Å². The van der Waals surface area contributed by atoms with Crippen molar-refractivity contribution in [3.05, 3.63) is 63.6 Å². The molecule has 2 aromatic rings. The summed E-state index contributed by atoms with van der Waals surface area (Å²) in [7, 11) is 0. The van der Waals surface area contributed by atoms with Gasteiger partial charge in [0.1, 0.15) is 0 Å². The molecule has 0 saturated carbocycles. The van der Waals surface area contributed by atoms with Gasteiger partial charge >= 0.3 is 0 Å². The van der Waals surface area contributed by atoms with Crippen LogP contribution in [0, 0.1) is 13.8 Å². The molecule has 0 spiro atoms. The minimum absolute atomic E-state index is 0.0942. The number of anilines is 1. The Balaban J connectivity index is 2.21. The standard InChI is InChI=1S/C15H14BrNO/c1-10-4-3-5-12(8-10)15(18)17-14-7-6-11(2)9-13(14)16/h3-9H,1-2H3,(H,17,18). The van der Waals surface area contributed by atoms with E-state index in [1.807, 2.05) is 56.3 Å². The third-order valence-corrected chi connectivity index (χ3v) is 3.31. The van der Waals surface area contributed by atoms with Crippen LogP contribution in [0.1, 0.15) is 21.5 Å². The summed E-state index contributed by atoms with van der Waals surface area (Å²) in [6.07, 6.45) is 0. The van der Waals surface area contributed by atoms with Crippen LogP contribution < -0.4 is 5.32 Å². The molecule has 0 aromatic heterocycles. The average Bonchev–Trinajstić information content (AvgIpc) is 2.32. The van der Waals surface area contributed by atoms with Crippen LogP contribution in [0.15, 0.2) is 46.9 Å². The Hall–Kier alpha value is -1.61. The topological polar surface area (TPSA) is 29.1 Å². The third kappa shape index (κ3) is 2.99. The molecule has 0 aliphatic rings. The smallest absolute Gasteiger partial charge is 0.255 e. The van der Waals surface area contributed by atoms with E-state index in [1.165, 1.54) is 0 Å². The fraction of sp³-hybridized carbons (Fsp3) is 0.133. The largest absolute Gasteiger partial charge is 0.321 e. The van der Waals surface area contributed by atoms with Gasteiger partial charge in [-0.15, -0.1) is 0 Å². The van der Waals surface area contributed by atoms with Gasteiger partial charge in [0.2, 0.25) is 0 Å². The first-order chi connectivity index (χ1) is 8.56. The number of rotatable bonds is 2. The van der Waals surface area contributed by atoms with Crippen LogP contribution in [0.25, 0.3) is 0 Å². The van der Waals surface area contributed by atoms with E-state index in [9.17, 15) is 4.79 Å². The summed E-state index contributed by atoms with van der Waals surface area (Å²) < 4.78 is 0.892. The van der Waals surface area contributed by atoms with E-state index >= 15 is 0 Å². The lowest BCUT2D eigenvalue weighted by Gasteiger charge is -2.08. The first kappa shape index (κ1) is 12.8. The van der Waals surface area contributed by atoms with Crippen LogP contribution in [0.4, 0.5) is 5.69 Å². The maximum absolute atomic E-state index is 12.1. The van der Waals surface area contributed by atoms with Crippen LogP contribution >= 0.6 is 15.9 Å². The summed E-state index contributed by atoms with van der Waals surface area (Å²) in [5, 5.41) is 2.90. The van der Waals surface area contributed by atoms with Gasteiger partial charge in [-0.1, -0.05) is 23.8 Å². The van der Waals surface area contributed by atoms with Gasteiger partial charge in [0, 0.05) is 10.0 Å². The first-order valence-electron chi connectivity index (χ1n) is 5.70. The van der Waals surface area contributed by atoms with E-state index in [2.05, 4.69) is 21.2 Å². The van der Waals surface area contributed by atoms with Gasteiger partial charge in [-0.05, 0) is 59.6 Å². The lowest BCUT2D eigenvalue weighted by Crippen LogP contribution is -2.12. The van der Waals surface area contributed by atoms with Crippen molar-refractivity contribution in [3.8, 4) is 0 Å². The van der Waals surface area contributed by atoms with Gasteiger partial charge in [0.05, 0.1) is 5.69 Å². The SMILES string of the molecule is Cc1cccc(C(=O)Nc2ccc(C)cc2Br)c1. The second kappa shape index (κ2) is 5.36. The molecular weight excluding hydrogens is 290 g/mol. The fourth-order valence-electron chi connectivity index (χ4n) is 1.70. The number of carbonyl (C=O) groups is 1. The molecule has 0 saturated heterocycles. The maximum Gasteiger partial charge on any atom is 0.255 e.